The van der Waals surface area contributed by atoms with Crippen LogP contribution in [-0.4, -0.2) is 35.1 Å². The highest BCUT2D eigenvalue weighted by atomic mass is 16.3. The highest BCUT2D eigenvalue weighted by Crippen LogP contribution is 2.25. The molecular formula is C16H23NO2. The Labute approximate surface area is 115 Å². The fourth-order valence-corrected chi connectivity index (χ4v) is 2.42. The van der Waals surface area contributed by atoms with Gasteiger partial charge in [0.05, 0.1) is 6.10 Å². The van der Waals surface area contributed by atoms with E-state index in [1.54, 1.807) is 4.90 Å². The van der Waals surface area contributed by atoms with E-state index >= 15 is 0 Å². The van der Waals surface area contributed by atoms with Gasteiger partial charge in [-0.15, -0.1) is 0 Å². The van der Waals surface area contributed by atoms with E-state index in [9.17, 15) is 9.90 Å². The maximum Gasteiger partial charge on any atom is 0.254 e. The van der Waals surface area contributed by atoms with Crippen molar-refractivity contribution in [2.24, 2.45) is 0 Å². The molecule has 1 aromatic carbocycles. The number of nitrogens with zero attached hydrogens (tertiary/aromatic N) is 1. The van der Waals surface area contributed by atoms with Crippen LogP contribution in [0, 0.1) is 6.92 Å². The third-order valence-electron chi connectivity index (χ3n) is 3.78. The average molecular weight is 261 g/mol. The van der Waals surface area contributed by atoms with E-state index in [2.05, 4.69) is 26.8 Å². The lowest BCUT2D eigenvalue weighted by Crippen LogP contribution is -2.30. The van der Waals surface area contributed by atoms with E-state index in [0.29, 0.717) is 19.5 Å². The number of carbonyl (C=O) groups excluding carboxylic acids is 1. The van der Waals surface area contributed by atoms with Gasteiger partial charge in [0.2, 0.25) is 0 Å². The number of hydrogen-bond acceptors (Lipinski definition) is 2. The van der Waals surface area contributed by atoms with Crippen LogP contribution >= 0.6 is 0 Å². The van der Waals surface area contributed by atoms with E-state index in [-0.39, 0.29) is 17.4 Å². The molecule has 0 spiro atoms. The van der Waals surface area contributed by atoms with Crippen molar-refractivity contribution in [1.29, 1.82) is 0 Å². The molecule has 1 amide bonds. The Bertz CT molecular complexity index is 488. The molecular weight excluding hydrogens is 238 g/mol. The third kappa shape index (κ3) is 2.98. The molecule has 1 fully saturated rings. The maximum absolute atomic E-state index is 12.5. The van der Waals surface area contributed by atoms with Crippen LogP contribution in [0.2, 0.25) is 0 Å². The van der Waals surface area contributed by atoms with Gasteiger partial charge in [0, 0.05) is 18.7 Å². The Morgan fingerprint density at radius 3 is 2.58 bits per heavy atom. The van der Waals surface area contributed by atoms with Gasteiger partial charge in [-0.3, -0.25) is 4.79 Å². The van der Waals surface area contributed by atoms with E-state index in [1.807, 2.05) is 19.1 Å². The number of amides is 1. The van der Waals surface area contributed by atoms with Crippen molar-refractivity contribution in [2.45, 2.75) is 45.6 Å². The molecule has 0 aromatic heterocycles. The van der Waals surface area contributed by atoms with Crippen LogP contribution in [0.15, 0.2) is 18.2 Å². The lowest BCUT2D eigenvalue weighted by Gasteiger charge is -2.22. The predicted octanol–water partition coefficient (Wildman–Crippen LogP) is 2.50. The van der Waals surface area contributed by atoms with Crippen molar-refractivity contribution in [2.75, 3.05) is 13.1 Å². The topological polar surface area (TPSA) is 40.5 Å². The number of aryl methyl sites for hydroxylation is 1. The van der Waals surface area contributed by atoms with Gasteiger partial charge in [-0.05, 0) is 36.0 Å². The summed E-state index contributed by atoms with van der Waals surface area (Å²) >= 11 is 0. The number of likely N-dealkylation sites (tertiary alicyclic amines) is 1. The predicted molar refractivity (Wildman–Crippen MR) is 76.4 cm³/mol. The lowest BCUT2D eigenvalue weighted by atomic mass is 9.85. The van der Waals surface area contributed by atoms with Crippen molar-refractivity contribution >= 4 is 5.91 Å². The van der Waals surface area contributed by atoms with Crippen molar-refractivity contribution < 1.29 is 9.90 Å². The number of aliphatic hydroxyl groups is 1. The molecule has 0 aliphatic carbocycles. The maximum atomic E-state index is 12.5. The summed E-state index contributed by atoms with van der Waals surface area (Å²) in [6.07, 6.45) is 0.319. The van der Waals surface area contributed by atoms with E-state index in [0.717, 1.165) is 11.1 Å². The normalized spacial score (nSPS) is 19.8. The van der Waals surface area contributed by atoms with Crippen molar-refractivity contribution in [1.82, 2.24) is 4.90 Å². The zero-order valence-electron chi connectivity index (χ0n) is 12.2. The summed E-state index contributed by atoms with van der Waals surface area (Å²) in [6.45, 7) is 9.51. The second-order valence-corrected chi connectivity index (χ2v) is 6.47. The number of aliphatic hydroxyl groups excluding tert-OH is 1. The van der Waals surface area contributed by atoms with Crippen LogP contribution in [0.1, 0.15) is 48.7 Å². The first-order valence-corrected chi connectivity index (χ1v) is 6.87. The van der Waals surface area contributed by atoms with Gasteiger partial charge < -0.3 is 10.0 Å². The van der Waals surface area contributed by atoms with Gasteiger partial charge in [0.15, 0.2) is 0 Å². The Kier molecular flexibility index (Phi) is 3.68. The molecule has 104 valence electrons. The average Bonchev–Trinajstić information content (AvgIpc) is 2.74. The minimum atomic E-state index is -0.366. The summed E-state index contributed by atoms with van der Waals surface area (Å²) in [5.74, 6) is 0.0418. The third-order valence-corrected chi connectivity index (χ3v) is 3.78. The van der Waals surface area contributed by atoms with E-state index < -0.39 is 0 Å². The summed E-state index contributed by atoms with van der Waals surface area (Å²) in [4.78, 5) is 14.3. The fourth-order valence-electron chi connectivity index (χ4n) is 2.42. The monoisotopic (exact) mass is 261 g/mol. The zero-order chi connectivity index (χ0) is 14.2. The fraction of sp³-hybridized carbons (Fsp3) is 0.562. The molecule has 1 heterocycles. The van der Waals surface area contributed by atoms with Gasteiger partial charge in [-0.25, -0.2) is 0 Å². The highest BCUT2D eigenvalue weighted by Gasteiger charge is 2.27. The first kappa shape index (κ1) is 14.1. The molecule has 19 heavy (non-hydrogen) atoms. The second-order valence-electron chi connectivity index (χ2n) is 6.47. The molecule has 1 atom stereocenters. The highest BCUT2D eigenvalue weighted by molar-refractivity contribution is 5.96. The molecule has 1 aliphatic heterocycles. The molecule has 3 heteroatoms. The standard InChI is InChI=1S/C16H23NO2/c1-11-5-6-12(16(2,3)4)9-14(11)15(19)17-8-7-13(18)10-17/h5-6,9,13,18H,7-8,10H2,1-4H3. The number of benzene rings is 1. The minimum absolute atomic E-state index is 0.0350. The Morgan fingerprint density at radius 1 is 1.37 bits per heavy atom. The molecule has 1 aliphatic rings. The van der Waals surface area contributed by atoms with Crippen molar-refractivity contribution in [3.63, 3.8) is 0 Å². The summed E-state index contributed by atoms with van der Waals surface area (Å²) in [7, 11) is 0. The molecule has 0 radical (unpaired) electrons. The Balaban J connectivity index is 2.31. The number of rotatable bonds is 1. The lowest BCUT2D eigenvalue weighted by molar-refractivity contribution is 0.0764. The molecule has 1 aromatic rings. The van der Waals surface area contributed by atoms with Crippen LogP contribution in [0.3, 0.4) is 0 Å². The number of carbonyl (C=O) groups is 1. The quantitative estimate of drug-likeness (QED) is 0.844. The number of hydrogen-bond donors (Lipinski definition) is 1. The summed E-state index contributed by atoms with van der Waals surface area (Å²) in [6, 6.07) is 6.10. The smallest absolute Gasteiger partial charge is 0.254 e. The van der Waals surface area contributed by atoms with Crippen LogP contribution in [0.4, 0.5) is 0 Å². The minimum Gasteiger partial charge on any atom is -0.391 e. The van der Waals surface area contributed by atoms with E-state index in [4.69, 9.17) is 0 Å². The van der Waals surface area contributed by atoms with Crippen molar-refractivity contribution in [3.8, 4) is 0 Å². The summed E-state index contributed by atoms with van der Waals surface area (Å²) in [5.41, 5.74) is 2.97. The van der Waals surface area contributed by atoms with Crippen LogP contribution in [0.25, 0.3) is 0 Å². The first-order valence-electron chi connectivity index (χ1n) is 6.87. The van der Waals surface area contributed by atoms with Gasteiger partial charge in [-0.2, -0.15) is 0 Å². The van der Waals surface area contributed by atoms with Crippen LogP contribution < -0.4 is 0 Å². The Hall–Kier alpha value is -1.35. The van der Waals surface area contributed by atoms with Gasteiger partial charge in [0.25, 0.3) is 5.91 Å². The molecule has 1 saturated heterocycles. The van der Waals surface area contributed by atoms with Crippen LogP contribution in [0.5, 0.6) is 0 Å². The molecule has 1 unspecified atom stereocenters. The molecule has 0 saturated carbocycles. The molecule has 0 bridgehead atoms. The van der Waals surface area contributed by atoms with Gasteiger partial charge in [0.1, 0.15) is 0 Å². The zero-order valence-corrected chi connectivity index (χ0v) is 12.2. The van der Waals surface area contributed by atoms with Gasteiger partial charge in [-0.1, -0.05) is 32.9 Å². The van der Waals surface area contributed by atoms with Gasteiger partial charge >= 0.3 is 0 Å². The summed E-state index contributed by atoms with van der Waals surface area (Å²) < 4.78 is 0. The Morgan fingerprint density at radius 2 is 2.05 bits per heavy atom. The van der Waals surface area contributed by atoms with Crippen LogP contribution in [-0.2, 0) is 5.41 Å². The van der Waals surface area contributed by atoms with E-state index in [1.165, 1.54) is 5.56 Å². The van der Waals surface area contributed by atoms with Crippen molar-refractivity contribution in [3.05, 3.63) is 34.9 Å². The largest absolute Gasteiger partial charge is 0.391 e. The summed E-state index contributed by atoms with van der Waals surface area (Å²) in [5, 5.41) is 9.55. The number of β-amino-alcohol motifs (C(OH)–C–C–N with tert-alkyl or cyclic N) is 1. The SMILES string of the molecule is Cc1ccc(C(C)(C)C)cc1C(=O)N1CCC(O)C1. The second kappa shape index (κ2) is 4.97. The molecule has 1 N–H and O–H groups in total. The molecule has 3 nitrogen and oxygen atoms in total. The molecule has 2 rings (SSSR count). The first-order chi connectivity index (χ1) is 8.79.